The summed E-state index contributed by atoms with van der Waals surface area (Å²) in [5, 5.41) is 3.16. The predicted molar refractivity (Wildman–Crippen MR) is 90.6 cm³/mol. The Bertz CT molecular complexity index is 707. The van der Waals surface area contributed by atoms with Crippen molar-refractivity contribution in [2.45, 2.75) is 15.8 Å². The molecule has 1 N–H and O–H groups in total. The number of thiazole rings is 1. The third-order valence-electron chi connectivity index (χ3n) is 2.87. The van der Waals surface area contributed by atoms with E-state index in [0.717, 1.165) is 20.9 Å². The van der Waals surface area contributed by atoms with Gasteiger partial charge in [0.2, 0.25) is 0 Å². The molecule has 0 amide bonds. The van der Waals surface area contributed by atoms with Crippen molar-refractivity contribution in [2.24, 2.45) is 0 Å². The Hall–Kier alpha value is -0.880. The van der Waals surface area contributed by atoms with Gasteiger partial charge in [0.25, 0.3) is 0 Å². The maximum Gasteiger partial charge on any atom is 0.155 e. The van der Waals surface area contributed by atoms with Crippen molar-refractivity contribution in [3.05, 3.63) is 52.5 Å². The number of rotatable bonds is 4. The van der Waals surface area contributed by atoms with Gasteiger partial charge < -0.3 is 5.32 Å². The normalized spacial score (nSPS) is 11.1. The third-order valence-corrected chi connectivity index (χ3v) is 5.70. The first kappa shape index (κ1) is 14.1. The second-order valence-electron chi connectivity index (χ2n) is 4.33. The second-order valence-corrected chi connectivity index (χ2v) is 7.54. The molecule has 0 spiro atoms. The van der Waals surface area contributed by atoms with Crippen molar-refractivity contribution in [1.29, 1.82) is 0 Å². The highest BCUT2D eigenvalue weighted by atomic mass is 79.9. The number of fused-ring (bicyclic) bond motifs is 1. The average molecular weight is 365 g/mol. The molecule has 0 saturated carbocycles. The summed E-state index contributed by atoms with van der Waals surface area (Å²) in [6.45, 7) is 0.868. The van der Waals surface area contributed by atoms with Crippen molar-refractivity contribution in [1.82, 2.24) is 10.3 Å². The second kappa shape index (κ2) is 6.26. The standard InChI is InChI=1S/C15H13BrN2S2/c1-17-9-10-6-7-11(8-12(10)16)19-15-18-13-4-2-3-5-14(13)20-15/h2-8,17H,9H2,1H3. The van der Waals surface area contributed by atoms with E-state index in [-0.39, 0.29) is 0 Å². The van der Waals surface area contributed by atoms with Gasteiger partial charge in [-0.3, -0.25) is 0 Å². The molecule has 0 radical (unpaired) electrons. The van der Waals surface area contributed by atoms with Crippen LogP contribution in [0.15, 0.2) is 56.2 Å². The molecule has 0 bridgehead atoms. The average Bonchev–Trinajstić information content (AvgIpc) is 2.84. The van der Waals surface area contributed by atoms with Crippen LogP contribution in [0, 0.1) is 0 Å². The number of nitrogens with one attached hydrogen (secondary N) is 1. The molecular formula is C15H13BrN2S2. The summed E-state index contributed by atoms with van der Waals surface area (Å²) in [5.41, 5.74) is 2.34. The van der Waals surface area contributed by atoms with Crippen LogP contribution >= 0.6 is 39.0 Å². The van der Waals surface area contributed by atoms with E-state index in [2.05, 4.69) is 62.6 Å². The number of nitrogens with zero attached hydrogens (tertiary/aromatic N) is 1. The molecule has 0 atom stereocenters. The minimum atomic E-state index is 0.868. The number of aromatic nitrogens is 1. The summed E-state index contributed by atoms with van der Waals surface area (Å²) in [7, 11) is 1.95. The Labute approximate surface area is 134 Å². The number of hydrogen-bond donors (Lipinski definition) is 1. The molecule has 1 heterocycles. The van der Waals surface area contributed by atoms with E-state index in [9.17, 15) is 0 Å². The molecule has 1 aromatic heterocycles. The number of hydrogen-bond acceptors (Lipinski definition) is 4. The highest BCUT2D eigenvalue weighted by molar-refractivity contribution is 9.10. The van der Waals surface area contributed by atoms with Gasteiger partial charge in [-0.1, -0.05) is 45.9 Å². The Morgan fingerprint density at radius 3 is 2.85 bits per heavy atom. The maximum absolute atomic E-state index is 4.65. The van der Waals surface area contributed by atoms with E-state index in [1.165, 1.54) is 15.2 Å². The first-order valence-corrected chi connectivity index (χ1v) is 8.65. The number of para-hydroxylation sites is 1. The Morgan fingerprint density at radius 1 is 1.25 bits per heavy atom. The number of benzene rings is 2. The molecule has 0 fully saturated rings. The summed E-state index contributed by atoms with van der Waals surface area (Å²) in [5.74, 6) is 0. The van der Waals surface area contributed by atoms with Crippen molar-refractivity contribution in [2.75, 3.05) is 7.05 Å². The molecule has 0 saturated heterocycles. The van der Waals surface area contributed by atoms with Gasteiger partial charge in [-0.25, -0.2) is 4.98 Å². The van der Waals surface area contributed by atoms with E-state index in [0.29, 0.717) is 0 Å². The molecule has 102 valence electrons. The lowest BCUT2D eigenvalue weighted by molar-refractivity contribution is 0.813. The first-order valence-electron chi connectivity index (χ1n) is 6.23. The largest absolute Gasteiger partial charge is 0.316 e. The lowest BCUT2D eigenvalue weighted by Gasteiger charge is -2.05. The smallest absolute Gasteiger partial charge is 0.155 e. The zero-order chi connectivity index (χ0) is 13.9. The molecule has 0 aliphatic heterocycles. The van der Waals surface area contributed by atoms with E-state index in [1.54, 1.807) is 23.1 Å². The molecule has 2 nitrogen and oxygen atoms in total. The zero-order valence-electron chi connectivity index (χ0n) is 10.9. The van der Waals surface area contributed by atoms with Crippen LogP contribution in [-0.2, 0) is 6.54 Å². The highest BCUT2D eigenvalue weighted by Gasteiger charge is 2.07. The fourth-order valence-electron chi connectivity index (χ4n) is 1.92. The van der Waals surface area contributed by atoms with Crippen LogP contribution in [0.2, 0.25) is 0 Å². The van der Waals surface area contributed by atoms with Gasteiger partial charge in [0, 0.05) is 15.9 Å². The third kappa shape index (κ3) is 3.06. The molecule has 3 rings (SSSR count). The van der Waals surface area contributed by atoms with E-state index in [1.807, 2.05) is 13.1 Å². The quantitative estimate of drug-likeness (QED) is 0.710. The topological polar surface area (TPSA) is 24.9 Å². The summed E-state index contributed by atoms with van der Waals surface area (Å²) >= 11 is 7.07. The number of halogens is 1. The van der Waals surface area contributed by atoms with Crippen LogP contribution in [0.1, 0.15) is 5.56 Å². The van der Waals surface area contributed by atoms with Crippen LogP contribution in [0.25, 0.3) is 10.2 Å². The molecule has 0 aliphatic carbocycles. The summed E-state index contributed by atoms with van der Waals surface area (Å²) in [6, 6.07) is 14.7. The fourth-order valence-corrected chi connectivity index (χ4v) is 4.67. The molecule has 2 aromatic carbocycles. The minimum absolute atomic E-state index is 0.868. The van der Waals surface area contributed by atoms with Crippen molar-refractivity contribution in [3.8, 4) is 0 Å². The summed E-state index contributed by atoms with van der Waals surface area (Å²) < 4.78 is 3.46. The van der Waals surface area contributed by atoms with Gasteiger partial charge in [0.05, 0.1) is 10.2 Å². The van der Waals surface area contributed by atoms with Gasteiger partial charge in [-0.15, -0.1) is 11.3 Å². The zero-order valence-corrected chi connectivity index (χ0v) is 14.1. The minimum Gasteiger partial charge on any atom is -0.316 e. The van der Waals surface area contributed by atoms with Crippen LogP contribution in [0.4, 0.5) is 0 Å². The van der Waals surface area contributed by atoms with E-state index >= 15 is 0 Å². The molecule has 20 heavy (non-hydrogen) atoms. The van der Waals surface area contributed by atoms with Gasteiger partial charge in [-0.05, 0) is 36.9 Å². The van der Waals surface area contributed by atoms with Crippen molar-refractivity contribution >= 4 is 49.2 Å². The molecule has 3 aromatic rings. The van der Waals surface area contributed by atoms with Crippen LogP contribution in [0.3, 0.4) is 0 Å². The lowest BCUT2D eigenvalue weighted by Crippen LogP contribution is -2.05. The van der Waals surface area contributed by atoms with Crippen LogP contribution in [0.5, 0.6) is 0 Å². The first-order chi connectivity index (χ1) is 9.76. The SMILES string of the molecule is CNCc1ccc(Sc2nc3ccccc3s2)cc1Br. The van der Waals surface area contributed by atoms with Gasteiger partial charge in [0.1, 0.15) is 0 Å². The van der Waals surface area contributed by atoms with Crippen LogP contribution < -0.4 is 5.32 Å². The molecule has 0 aliphatic rings. The maximum atomic E-state index is 4.65. The lowest BCUT2D eigenvalue weighted by atomic mass is 10.2. The Kier molecular flexibility index (Phi) is 4.41. The van der Waals surface area contributed by atoms with Gasteiger partial charge in [-0.2, -0.15) is 0 Å². The summed E-state index contributed by atoms with van der Waals surface area (Å²) in [6.07, 6.45) is 0. The van der Waals surface area contributed by atoms with E-state index < -0.39 is 0 Å². The van der Waals surface area contributed by atoms with Gasteiger partial charge >= 0.3 is 0 Å². The summed E-state index contributed by atoms with van der Waals surface area (Å²) in [4.78, 5) is 5.85. The fraction of sp³-hybridized carbons (Fsp3) is 0.133. The van der Waals surface area contributed by atoms with Gasteiger partial charge in [0.15, 0.2) is 4.34 Å². The van der Waals surface area contributed by atoms with E-state index in [4.69, 9.17) is 0 Å². The Morgan fingerprint density at radius 2 is 2.10 bits per heavy atom. The van der Waals surface area contributed by atoms with Crippen molar-refractivity contribution < 1.29 is 0 Å². The predicted octanol–water partition coefficient (Wildman–Crippen LogP) is 4.93. The Balaban J connectivity index is 1.85. The monoisotopic (exact) mass is 364 g/mol. The van der Waals surface area contributed by atoms with Crippen molar-refractivity contribution in [3.63, 3.8) is 0 Å². The molecular weight excluding hydrogens is 352 g/mol. The molecule has 5 heteroatoms. The highest BCUT2D eigenvalue weighted by Crippen LogP contribution is 2.35. The molecule has 0 unspecified atom stereocenters. The van der Waals surface area contributed by atoms with Crippen LogP contribution in [-0.4, -0.2) is 12.0 Å².